The predicted octanol–water partition coefficient (Wildman–Crippen LogP) is -0.964. The van der Waals surface area contributed by atoms with Crippen LogP contribution in [0.4, 0.5) is 0 Å². The van der Waals surface area contributed by atoms with Gasteiger partial charge in [-0.3, -0.25) is 0 Å². The van der Waals surface area contributed by atoms with Gasteiger partial charge in [0.1, 0.15) is 10.1 Å². The van der Waals surface area contributed by atoms with Gasteiger partial charge < -0.3 is 9.66 Å². The zero-order chi connectivity index (χ0) is 12.6. The van der Waals surface area contributed by atoms with E-state index in [4.69, 9.17) is 0 Å². The Balaban J connectivity index is 0. The molecule has 4 nitrogen and oxygen atoms in total. The molecule has 0 heterocycles. The average molecular weight is 290 g/mol. The van der Waals surface area contributed by atoms with Crippen LogP contribution in [0, 0.1) is 0 Å². The van der Waals surface area contributed by atoms with E-state index in [-0.39, 0.29) is 57.8 Å². The first-order chi connectivity index (χ1) is 7.39. The van der Waals surface area contributed by atoms with Crippen molar-refractivity contribution in [1.29, 1.82) is 0 Å². The van der Waals surface area contributed by atoms with Crippen molar-refractivity contribution < 1.29 is 69.5 Å². The molecule has 0 aliphatic rings. The number of aliphatic hydroxyl groups is 1. The fourth-order valence-corrected chi connectivity index (χ4v) is 2.69. The molecule has 0 aliphatic carbocycles. The molecule has 0 bridgehead atoms. The first-order valence-corrected chi connectivity index (χ1v) is 7.49. The average Bonchev–Trinajstić information content (AvgIpc) is 2.13. The fourth-order valence-electron chi connectivity index (χ4n) is 1.75. The minimum atomic E-state index is -4.36. The second-order valence-corrected chi connectivity index (χ2v) is 5.92. The Morgan fingerprint density at radius 3 is 2.00 bits per heavy atom. The van der Waals surface area contributed by atoms with Gasteiger partial charge in [0.2, 0.25) is 0 Å². The molecule has 0 spiro atoms. The van der Waals surface area contributed by atoms with Crippen molar-refractivity contribution in [2.24, 2.45) is 0 Å². The topological polar surface area (TPSA) is 77.4 Å². The SMILES string of the molecule is CCCCCCCCC(C(C)O)S(=O)(=O)[O-].[K+]. The van der Waals surface area contributed by atoms with E-state index in [0.717, 1.165) is 19.3 Å². The van der Waals surface area contributed by atoms with Crippen LogP contribution in [0.3, 0.4) is 0 Å². The first-order valence-electron chi connectivity index (χ1n) is 6.02. The van der Waals surface area contributed by atoms with Crippen LogP contribution in [-0.4, -0.2) is 29.4 Å². The van der Waals surface area contributed by atoms with Crippen LogP contribution in [0.25, 0.3) is 0 Å². The van der Waals surface area contributed by atoms with Crippen molar-refractivity contribution in [2.75, 3.05) is 0 Å². The van der Waals surface area contributed by atoms with Crippen LogP contribution < -0.4 is 51.4 Å². The summed E-state index contributed by atoms with van der Waals surface area (Å²) in [6.07, 6.45) is 5.41. The summed E-state index contributed by atoms with van der Waals surface area (Å²) in [6.45, 7) is 3.49. The molecule has 0 fully saturated rings. The molecule has 2 unspecified atom stereocenters. The number of aliphatic hydroxyl groups excluding tert-OH is 1. The maximum atomic E-state index is 10.8. The van der Waals surface area contributed by atoms with Crippen LogP contribution in [0.15, 0.2) is 0 Å². The third-order valence-electron chi connectivity index (χ3n) is 2.75. The molecule has 0 radical (unpaired) electrons. The Hall–Kier alpha value is 1.51. The van der Waals surface area contributed by atoms with Crippen LogP contribution in [0.5, 0.6) is 0 Å². The van der Waals surface area contributed by atoms with Gasteiger partial charge in [0.05, 0.1) is 11.4 Å². The monoisotopic (exact) mass is 290 g/mol. The summed E-state index contributed by atoms with van der Waals surface area (Å²) in [4.78, 5) is 0. The summed E-state index contributed by atoms with van der Waals surface area (Å²) in [7, 11) is -4.36. The van der Waals surface area contributed by atoms with Crippen LogP contribution in [0.1, 0.15) is 58.8 Å². The van der Waals surface area contributed by atoms with Crippen molar-refractivity contribution in [3.63, 3.8) is 0 Å². The summed E-state index contributed by atoms with van der Waals surface area (Å²) < 4.78 is 32.5. The van der Waals surface area contributed by atoms with Gasteiger partial charge in [-0.15, -0.1) is 0 Å². The van der Waals surface area contributed by atoms with E-state index >= 15 is 0 Å². The number of unbranched alkanes of at least 4 members (excludes halogenated alkanes) is 5. The predicted molar refractivity (Wildman–Crippen MR) is 63.2 cm³/mol. The van der Waals surface area contributed by atoms with E-state index in [9.17, 15) is 18.1 Å². The van der Waals surface area contributed by atoms with Crippen LogP contribution in [-0.2, 0) is 10.1 Å². The zero-order valence-corrected chi connectivity index (χ0v) is 15.1. The molecule has 0 saturated carbocycles. The molecule has 0 aromatic heterocycles. The summed E-state index contributed by atoms with van der Waals surface area (Å²) in [5.41, 5.74) is 0. The minimum Gasteiger partial charge on any atom is -0.748 e. The zero-order valence-electron chi connectivity index (χ0n) is 11.2. The number of hydrogen-bond donors (Lipinski definition) is 1. The van der Waals surface area contributed by atoms with Gasteiger partial charge in [0, 0.05) is 0 Å². The van der Waals surface area contributed by atoms with Gasteiger partial charge in [-0.25, -0.2) is 8.42 Å². The van der Waals surface area contributed by atoms with Gasteiger partial charge >= 0.3 is 51.4 Å². The standard InChI is InChI=1S/C11H24O4S.K/c1-3-4-5-6-7-8-9-11(10(2)12)16(13,14)15;/h10-12H,3-9H2,1-2H3,(H,13,14,15);/q;+1/p-1. The van der Waals surface area contributed by atoms with E-state index < -0.39 is 21.5 Å². The molecule has 1 N–H and O–H groups in total. The normalized spacial score (nSPS) is 15.1. The summed E-state index contributed by atoms with van der Waals surface area (Å²) in [5, 5.41) is 8.07. The third kappa shape index (κ3) is 11.1. The van der Waals surface area contributed by atoms with E-state index in [0.29, 0.717) is 6.42 Å². The van der Waals surface area contributed by atoms with E-state index in [2.05, 4.69) is 6.92 Å². The molecule has 0 amide bonds. The first kappa shape index (κ1) is 20.8. The molecule has 2 atom stereocenters. The Bertz CT molecular complexity index is 265. The summed E-state index contributed by atoms with van der Waals surface area (Å²) >= 11 is 0. The smallest absolute Gasteiger partial charge is 0.748 e. The van der Waals surface area contributed by atoms with Crippen molar-refractivity contribution >= 4 is 10.1 Å². The Labute approximate surface area is 148 Å². The Morgan fingerprint density at radius 1 is 1.12 bits per heavy atom. The molecule has 98 valence electrons. The van der Waals surface area contributed by atoms with E-state index in [1.54, 1.807) is 0 Å². The van der Waals surface area contributed by atoms with Gasteiger partial charge in [0.15, 0.2) is 0 Å². The molecule has 0 aromatic carbocycles. The maximum absolute atomic E-state index is 10.8. The van der Waals surface area contributed by atoms with Crippen LogP contribution in [0.2, 0.25) is 0 Å². The molecular formula is C11H23KO4S. The molecule has 6 heteroatoms. The summed E-state index contributed by atoms with van der Waals surface area (Å²) in [5.74, 6) is 0. The molecule has 0 saturated heterocycles. The van der Waals surface area contributed by atoms with E-state index in [1.807, 2.05) is 0 Å². The molecule has 0 aliphatic heterocycles. The molecule has 0 rings (SSSR count). The molecule has 0 aromatic rings. The van der Waals surface area contributed by atoms with Gasteiger partial charge in [-0.2, -0.15) is 0 Å². The van der Waals surface area contributed by atoms with Gasteiger partial charge in [0.25, 0.3) is 0 Å². The maximum Gasteiger partial charge on any atom is 1.00 e. The van der Waals surface area contributed by atoms with Gasteiger partial charge in [-0.1, -0.05) is 45.4 Å². The number of hydrogen-bond acceptors (Lipinski definition) is 4. The van der Waals surface area contributed by atoms with Crippen molar-refractivity contribution in [3.8, 4) is 0 Å². The summed E-state index contributed by atoms with van der Waals surface area (Å²) in [6, 6.07) is 0. The Morgan fingerprint density at radius 2 is 1.59 bits per heavy atom. The second kappa shape index (κ2) is 11.3. The van der Waals surface area contributed by atoms with Crippen molar-refractivity contribution in [3.05, 3.63) is 0 Å². The van der Waals surface area contributed by atoms with Crippen molar-refractivity contribution in [1.82, 2.24) is 0 Å². The molecule has 17 heavy (non-hydrogen) atoms. The van der Waals surface area contributed by atoms with Gasteiger partial charge in [-0.05, 0) is 13.3 Å². The van der Waals surface area contributed by atoms with Crippen molar-refractivity contribution in [2.45, 2.75) is 70.1 Å². The Kier molecular flexibility index (Phi) is 13.9. The largest absolute Gasteiger partial charge is 1.00 e. The third-order valence-corrected chi connectivity index (χ3v) is 4.12. The quantitative estimate of drug-likeness (QED) is 0.337. The van der Waals surface area contributed by atoms with E-state index in [1.165, 1.54) is 19.8 Å². The van der Waals surface area contributed by atoms with Crippen LogP contribution >= 0.6 is 0 Å². The second-order valence-electron chi connectivity index (χ2n) is 4.33. The number of rotatable bonds is 9. The minimum absolute atomic E-state index is 0. The fraction of sp³-hybridized carbons (Fsp3) is 1.00. The molecular weight excluding hydrogens is 267 g/mol.